The summed E-state index contributed by atoms with van der Waals surface area (Å²) in [5.41, 5.74) is 0.483. The van der Waals surface area contributed by atoms with E-state index in [1.807, 2.05) is 0 Å². The van der Waals surface area contributed by atoms with Crippen LogP contribution in [0.2, 0.25) is 0 Å². The lowest BCUT2D eigenvalue weighted by atomic mass is 10.0. The van der Waals surface area contributed by atoms with Crippen LogP contribution in [0.15, 0.2) is 23.1 Å². The van der Waals surface area contributed by atoms with Gasteiger partial charge in [-0.2, -0.15) is 4.31 Å². The number of hydrogen-bond donors (Lipinski definition) is 0. The first-order valence-corrected chi connectivity index (χ1v) is 8.14. The molecule has 0 N–H and O–H groups in total. The van der Waals surface area contributed by atoms with Crippen molar-refractivity contribution in [2.45, 2.75) is 24.7 Å². The third kappa shape index (κ3) is 3.24. The van der Waals surface area contributed by atoms with E-state index in [2.05, 4.69) is 4.74 Å². The highest BCUT2D eigenvalue weighted by Crippen LogP contribution is 2.26. The van der Waals surface area contributed by atoms with Gasteiger partial charge in [0.25, 0.3) is 0 Å². The molecule has 0 aromatic heterocycles. The van der Waals surface area contributed by atoms with Crippen LogP contribution in [0.25, 0.3) is 0 Å². The molecule has 1 aromatic carbocycles. The molecule has 1 aliphatic rings. The van der Waals surface area contributed by atoms with Gasteiger partial charge in [0.2, 0.25) is 10.0 Å². The molecule has 0 amide bonds. The lowest BCUT2D eigenvalue weighted by Crippen LogP contribution is -2.42. The van der Waals surface area contributed by atoms with Gasteiger partial charge in [0.05, 0.1) is 17.9 Å². The molecule has 2 rings (SSSR count). The van der Waals surface area contributed by atoms with Crippen molar-refractivity contribution in [2.24, 2.45) is 5.92 Å². The zero-order chi connectivity index (χ0) is 15.6. The highest BCUT2D eigenvalue weighted by molar-refractivity contribution is 7.89. The molecule has 1 atom stereocenters. The fourth-order valence-electron chi connectivity index (χ4n) is 2.51. The Morgan fingerprint density at radius 2 is 2.14 bits per heavy atom. The van der Waals surface area contributed by atoms with Crippen LogP contribution in [0.5, 0.6) is 0 Å². The number of ether oxygens (including phenoxy) is 1. The van der Waals surface area contributed by atoms with E-state index in [4.69, 9.17) is 0 Å². The van der Waals surface area contributed by atoms with E-state index in [-0.39, 0.29) is 11.4 Å². The van der Waals surface area contributed by atoms with Crippen LogP contribution < -0.4 is 0 Å². The summed E-state index contributed by atoms with van der Waals surface area (Å²) < 4.78 is 44.5. The molecule has 5 nitrogen and oxygen atoms in total. The van der Waals surface area contributed by atoms with Gasteiger partial charge in [-0.15, -0.1) is 0 Å². The zero-order valence-corrected chi connectivity index (χ0v) is 12.8. The Kier molecular flexibility index (Phi) is 4.63. The molecule has 0 bridgehead atoms. The summed E-state index contributed by atoms with van der Waals surface area (Å²) in [6.45, 7) is 2.02. The highest BCUT2D eigenvalue weighted by atomic mass is 32.2. The minimum atomic E-state index is -3.80. The molecule has 1 fully saturated rings. The maximum absolute atomic E-state index is 13.3. The summed E-state index contributed by atoms with van der Waals surface area (Å²) in [4.78, 5) is 11.5. The van der Waals surface area contributed by atoms with Gasteiger partial charge >= 0.3 is 5.97 Å². The molecule has 0 spiro atoms. The van der Waals surface area contributed by atoms with Crippen LogP contribution in [0, 0.1) is 18.7 Å². The van der Waals surface area contributed by atoms with E-state index in [0.717, 1.165) is 6.07 Å². The van der Waals surface area contributed by atoms with Crippen LogP contribution in [0.1, 0.15) is 18.4 Å². The minimum absolute atomic E-state index is 0.0481. The quantitative estimate of drug-likeness (QED) is 0.797. The van der Waals surface area contributed by atoms with E-state index >= 15 is 0 Å². The normalized spacial score (nSPS) is 20.2. The maximum Gasteiger partial charge on any atom is 0.309 e. The Bertz CT molecular complexity index is 644. The third-order valence-corrected chi connectivity index (χ3v) is 5.69. The highest BCUT2D eigenvalue weighted by Gasteiger charge is 2.34. The maximum atomic E-state index is 13.3. The van der Waals surface area contributed by atoms with Crippen molar-refractivity contribution < 1.29 is 22.3 Å². The third-order valence-electron chi connectivity index (χ3n) is 3.69. The number of piperidine rings is 1. The Morgan fingerprint density at radius 1 is 1.43 bits per heavy atom. The van der Waals surface area contributed by atoms with Crippen molar-refractivity contribution in [1.29, 1.82) is 0 Å². The van der Waals surface area contributed by atoms with E-state index in [9.17, 15) is 17.6 Å². The first-order chi connectivity index (χ1) is 9.86. The second-order valence-electron chi connectivity index (χ2n) is 5.14. The molecular formula is C14H18FNO4S. The summed E-state index contributed by atoms with van der Waals surface area (Å²) in [6, 6.07) is 3.68. The topological polar surface area (TPSA) is 63.7 Å². The number of sulfonamides is 1. The Hall–Kier alpha value is -1.47. The van der Waals surface area contributed by atoms with Crippen molar-refractivity contribution in [2.75, 3.05) is 20.2 Å². The predicted molar refractivity (Wildman–Crippen MR) is 74.6 cm³/mol. The zero-order valence-electron chi connectivity index (χ0n) is 12.0. The monoisotopic (exact) mass is 315 g/mol. The molecular weight excluding hydrogens is 297 g/mol. The van der Waals surface area contributed by atoms with Crippen LogP contribution in [-0.4, -0.2) is 38.9 Å². The fraction of sp³-hybridized carbons (Fsp3) is 0.500. The minimum Gasteiger partial charge on any atom is -0.469 e. The number of carbonyl (C=O) groups is 1. The summed E-state index contributed by atoms with van der Waals surface area (Å²) >= 11 is 0. The molecule has 1 aliphatic heterocycles. The van der Waals surface area contributed by atoms with Crippen LogP contribution in [0.3, 0.4) is 0 Å². The van der Waals surface area contributed by atoms with Gasteiger partial charge in [0.15, 0.2) is 0 Å². The van der Waals surface area contributed by atoms with Crippen LogP contribution in [0.4, 0.5) is 4.39 Å². The standard InChI is InChI=1S/C14H18FNO4S/c1-10-5-6-12(15)8-13(10)21(18,19)16-7-3-4-11(9-16)14(17)20-2/h5-6,8,11H,3-4,7,9H2,1-2H3/t11-/m0/s1. The summed E-state index contributed by atoms with van der Waals surface area (Å²) in [7, 11) is -2.52. The van der Waals surface area contributed by atoms with Gasteiger partial charge in [0.1, 0.15) is 5.82 Å². The van der Waals surface area contributed by atoms with E-state index in [1.165, 1.54) is 23.5 Å². The van der Waals surface area contributed by atoms with Crippen molar-refractivity contribution in [3.05, 3.63) is 29.6 Å². The first kappa shape index (κ1) is 15.9. The molecule has 116 valence electrons. The lowest BCUT2D eigenvalue weighted by molar-refractivity contribution is -0.146. The van der Waals surface area contributed by atoms with Crippen LogP contribution in [-0.2, 0) is 19.6 Å². The van der Waals surface area contributed by atoms with E-state index in [1.54, 1.807) is 6.92 Å². The summed E-state index contributed by atoms with van der Waals surface area (Å²) in [6.07, 6.45) is 1.17. The smallest absolute Gasteiger partial charge is 0.309 e. The number of halogens is 1. The molecule has 0 unspecified atom stereocenters. The molecule has 0 saturated carbocycles. The number of carbonyl (C=O) groups excluding carboxylic acids is 1. The predicted octanol–water partition coefficient (Wildman–Crippen LogP) is 1.71. The summed E-state index contributed by atoms with van der Waals surface area (Å²) in [5.74, 6) is -1.47. The number of hydrogen-bond acceptors (Lipinski definition) is 4. The Labute approximate surface area is 123 Å². The SMILES string of the molecule is COC(=O)[C@H]1CCCN(S(=O)(=O)c2cc(F)ccc2C)C1. The second kappa shape index (κ2) is 6.11. The Balaban J connectivity index is 2.31. The van der Waals surface area contributed by atoms with Crippen molar-refractivity contribution in [1.82, 2.24) is 4.31 Å². The van der Waals surface area contributed by atoms with E-state index < -0.39 is 27.7 Å². The molecule has 21 heavy (non-hydrogen) atoms. The fourth-order valence-corrected chi connectivity index (χ4v) is 4.27. The van der Waals surface area contributed by atoms with Gasteiger partial charge < -0.3 is 4.74 Å². The number of benzene rings is 1. The molecule has 1 saturated heterocycles. The molecule has 0 aliphatic carbocycles. The number of methoxy groups -OCH3 is 1. The lowest BCUT2D eigenvalue weighted by Gasteiger charge is -2.30. The number of rotatable bonds is 3. The average molecular weight is 315 g/mol. The summed E-state index contributed by atoms with van der Waals surface area (Å²) in [5, 5.41) is 0. The van der Waals surface area contributed by atoms with Crippen LogP contribution >= 0.6 is 0 Å². The van der Waals surface area contributed by atoms with Crippen molar-refractivity contribution >= 4 is 16.0 Å². The largest absolute Gasteiger partial charge is 0.469 e. The number of aryl methyl sites for hydroxylation is 1. The average Bonchev–Trinajstić information content (AvgIpc) is 2.49. The second-order valence-corrected chi connectivity index (χ2v) is 7.04. The van der Waals surface area contributed by atoms with E-state index in [0.29, 0.717) is 24.9 Å². The van der Waals surface area contributed by atoms with Crippen molar-refractivity contribution in [3.8, 4) is 0 Å². The van der Waals surface area contributed by atoms with Gasteiger partial charge in [-0.3, -0.25) is 4.79 Å². The number of nitrogens with zero attached hydrogens (tertiary/aromatic N) is 1. The molecule has 1 heterocycles. The molecule has 0 radical (unpaired) electrons. The molecule has 7 heteroatoms. The van der Waals surface area contributed by atoms with Gasteiger partial charge in [-0.25, -0.2) is 12.8 Å². The van der Waals surface area contributed by atoms with Gasteiger partial charge in [-0.05, 0) is 37.5 Å². The van der Waals surface area contributed by atoms with Gasteiger partial charge in [0, 0.05) is 13.1 Å². The van der Waals surface area contributed by atoms with Gasteiger partial charge in [-0.1, -0.05) is 6.07 Å². The molecule has 1 aromatic rings. The first-order valence-electron chi connectivity index (χ1n) is 6.70. The van der Waals surface area contributed by atoms with Crippen molar-refractivity contribution in [3.63, 3.8) is 0 Å². The Morgan fingerprint density at radius 3 is 2.81 bits per heavy atom. The number of esters is 1.